The number of nitrogens with one attached hydrogen (secondary N) is 2. The Morgan fingerprint density at radius 2 is 1.52 bits per heavy atom. The molecule has 0 spiro atoms. The van der Waals surface area contributed by atoms with Crippen molar-refractivity contribution in [2.24, 2.45) is 11.8 Å². The topological polar surface area (TPSA) is 75.3 Å². The summed E-state index contributed by atoms with van der Waals surface area (Å²) in [5, 5.41) is 3.14. The molecule has 0 bridgehead atoms. The molecule has 5 nitrogen and oxygen atoms in total. The second kappa shape index (κ2) is 10.3. The van der Waals surface area contributed by atoms with Crippen LogP contribution in [0.15, 0.2) is 59.5 Å². The second-order valence-corrected chi connectivity index (χ2v) is 10.5. The Hall–Kier alpha value is -2.39. The van der Waals surface area contributed by atoms with Gasteiger partial charge in [-0.25, -0.2) is 13.1 Å². The fourth-order valence-corrected chi connectivity index (χ4v) is 5.46. The highest BCUT2D eigenvalue weighted by molar-refractivity contribution is 7.89. The quantitative estimate of drug-likeness (QED) is 0.580. The summed E-state index contributed by atoms with van der Waals surface area (Å²) in [5.41, 5.74) is 0.141. The minimum absolute atomic E-state index is 0.0402. The minimum Gasteiger partial charge on any atom is -0.349 e. The molecule has 1 aliphatic carbocycles. The number of amides is 1. The molecule has 1 fully saturated rings. The van der Waals surface area contributed by atoms with Gasteiger partial charge in [0.15, 0.2) is 0 Å². The zero-order valence-electron chi connectivity index (χ0n) is 18.6. The number of rotatable bonds is 7. The monoisotopic (exact) mass is 482 g/mol. The van der Waals surface area contributed by atoms with Crippen LogP contribution in [-0.2, 0) is 21.0 Å². The van der Waals surface area contributed by atoms with Crippen LogP contribution in [0.1, 0.15) is 56.7 Å². The van der Waals surface area contributed by atoms with E-state index >= 15 is 0 Å². The highest BCUT2D eigenvalue weighted by atomic mass is 32.2. The Balaban J connectivity index is 1.56. The first-order valence-electron chi connectivity index (χ1n) is 11.0. The molecular formula is C24H29F3N2O3S. The van der Waals surface area contributed by atoms with Crippen LogP contribution in [0.4, 0.5) is 13.2 Å². The van der Waals surface area contributed by atoms with Crippen molar-refractivity contribution in [3.63, 3.8) is 0 Å². The maximum atomic E-state index is 12.9. The molecule has 0 heterocycles. The van der Waals surface area contributed by atoms with Crippen LogP contribution in [0.2, 0.25) is 0 Å². The Morgan fingerprint density at radius 3 is 2.03 bits per heavy atom. The maximum absolute atomic E-state index is 12.9. The summed E-state index contributed by atoms with van der Waals surface area (Å²) in [5.74, 6) is -0.0355. The van der Waals surface area contributed by atoms with Crippen molar-refractivity contribution in [1.29, 1.82) is 0 Å². The summed E-state index contributed by atoms with van der Waals surface area (Å²) in [4.78, 5) is 12.7. The third-order valence-corrected chi connectivity index (χ3v) is 7.57. The number of carbonyl (C=O) groups is 1. The zero-order chi connectivity index (χ0) is 24.2. The van der Waals surface area contributed by atoms with E-state index in [0.29, 0.717) is 25.7 Å². The lowest BCUT2D eigenvalue weighted by atomic mass is 9.85. The Labute approximate surface area is 192 Å². The van der Waals surface area contributed by atoms with E-state index in [0.717, 1.165) is 29.8 Å². The van der Waals surface area contributed by atoms with E-state index in [-0.39, 0.29) is 34.7 Å². The van der Waals surface area contributed by atoms with E-state index in [4.69, 9.17) is 0 Å². The normalized spacial score (nSPS) is 20.4. The SMILES string of the molecule is CC(C)[C@@H](NC(=O)C1CCC(NS(=O)(=O)c2ccc(C(F)(F)F)cc2)CC1)c1ccccc1. The maximum Gasteiger partial charge on any atom is 0.416 e. The molecule has 2 N–H and O–H groups in total. The van der Waals surface area contributed by atoms with Crippen LogP contribution in [0.25, 0.3) is 0 Å². The van der Waals surface area contributed by atoms with Gasteiger partial charge in [-0.15, -0.1) is 0 Å². The molecule has 1 atom stereocenters. The predicted molar refractivity (Wildman–Crippen MR) is 120 cm³/mol. The van der Waals surface area contributed by atoms with E-state index in [1.54, 1.807) is 0 Å². The fourth-order valence-electron chi connectivity index (χ4n) is 4.15. The van der Waals surface area contributed by atoms with Gasteiger partial charge in [0.25, 0.3) is 0 Å². The van der Waals surface area contributed by atoms with Gasteiger partial charge in [0, 0.05) is 12.0 Å². The summed E-state index contributed by atoms with van der Waals surface area (Å²) < 4.78 is 65.9. The van der Waals surface area contributed by atoms with Gasteiger partial charge in [-0.1, -0.05) is 44.2 Å². The summed E-state index contributed by atoms with van der Waals surface area (Å²) in [6.07, 6.45) is -2.49. The highest BCUT2D eigenvalue weighted by Crippen LogP contribution is 2.31. The number of hydrogen-bond acceptors (Lipinski definition) is 3. The molecule has 1 aliphatic rings. The van der Waals surface area contributed by atoms with Crippen LogP contribution >= 0.6 is 0 Å². The van der Waals surface area contributed by atoms with Crippen molar-refractivity contribution < 1.29 is 26.4 Å². The van der Waals surface area contributed by atoms with E-state index in [9.17, 15) is 26.4 Å². The van der Waals surface area contributed by atoms with E-state index in [2.05, 4.69) is 10.0 Å². The number of sulfonamides is 1. The van der Waals surface area contributed by atoms with Crippen molar-refractivity contribution in [2.45, 2.75) is 62.7 Å². The molecule has 0 saturated heterocycles. The fraction of sp³-hybridized carbons (Fsp3) is 0.458. The number of carbonyl (C=O) groups excluding carboxylic acids is 1. The lowest BCUT2D eigenvalue weighted by Gasteiger charge is -2.30. The molecular weight excluding hydrogens is 453 g/mol. The van der Waals surface area contributed by atoms with Gasteiger partial charge < -0.3 is 5.32 Å². The summed E-state index contributed by atoms with van der Waals surface area (Å²) in [6, 6.07) is 12.7. The number of halogens is 3. The van der Waals surface area contributed by atoms with Gasteiger partial charge in [-0.3, -0.25) is 4.79 Å². The molecule has 180 valence electrons. The first-order valence-corrected chi connectivity index (χ1v) is 12.5. The predicted octanol–water partition coefficient (Wildman–Crippen LogP) is 5.06. The molecule has 0 aliphatic heterocycles. The molecule has 0 aromatic heterocycles. The van der Waals surface area contributed by atoms with Crippen LogP contribution in [0.3, 0.4) is 0 Å². The number of benzene rings is 2. The summed E-state index contributed by atoms with van der Waals surface area (Å²) >= 11 is 0. The Kier molecular flexibility index (Phi) is 7.84. The van der Waals surface area contributed by atoms with Crippen molar-refractivity contribution >= 4 is 15.9 Å². The van der Waals surface area contributed by atoms with Crippen LogP contribution < -0.4 is 10.0 Å². The molecule has 0 radical (unpaired) electrons. The number of alkyl halides is 3. The van der Waals surface area contributed by atoms with Gasteiger partial charge >= 0.3 is 6.18 Å². The summed E-state index contributed by atoms with van der Waals surface area (Å²) in [6.45, 7) is 4.09. The molecule has 3 rings (SSSR count). The van der Waals surface area contributed by atoms with Gasteiger partial charge in [0.2, 0.25) is 15.9 Å². The van der Waals surface area contributed by atoms with Crippen molar-refractivity contribution in [2.75, 3.05) is 0 Å². The smallest absolute Gasteiger partial charge is 0.349 e. The Morgan fingerprint density at radius 1 is 0.939 bits per heavy atom. The van der Waals surface area contributed by atoms with Crippen LogP contribution in [0.5, 0.6) is 0 Å². The largest absolute Gasteiger partial charge is 0.416 e. The first kappa shape index (κ1) is 25.2. The van der Waals surface area contributed by atoms with Gasteiger partial charge in [-0.05, 0) is 61.4 Å². The standard InChI is InChI=1S/C24H29F3N2O3S/c1-16(2)22(17-6-4-3-5-7-17)28-23(30)18-8-12-20(13-9-18)29-33(31,32)21-14-10-19(11-15-21)24(25,26)27/h3-7,10-11,14-16,18,20,22,29H,8-9,12-13H2,1-2H3,(H,28,30)/t18?,20?,22-/m1/s1. The van der Waals surface area contributed by atoms with Crippen molar-refractivity contribution in [3.8, 4) is 0 Å². The molecule has 2 aromatic carbocycles. The molecule has 1 amide bonds. The minimum atomic E-state index is -4.52. The first-order chi connectivity index (χ1) is 15.5. The molecule has 1 saturated carbocycles. The van der Waals surface area contributed by atoms with Gasteiger partial charge in [0.05, 0.1) is 16.5 Å². The highest BCUT2D eigenvalue weighted by Gasteiger charge is 2.32. The third kappa shape index (κ3) is 6.57. The van der Waals surface area contributed by atoms with Crippen LogP contribution in [-0.4, -0.2) is 20.4 Å². The second-order valence-electron chi connectivity index (χ2n) is 8.83. The number of hydrogen-bond donors (Lipinski definition) is 2. The molecule has 0 unspecified atom stereocenters. The summed E-state index contributed by atoms with van der Waals surface area (Å²) in [7, 11) is -3.94. The average molecular weight is 483 g/mol. The van der Waals surface area contributed by atoms with E-state index < -0.39 is 21.8 Å². The van der Waals surface area contributed by atoms with Crippen molar-refractivity contribution in [3.05, 3.63) is 65.7 Å². The molecule has 33 heavy (non-hydrogen) atoms. The molecule has 9 heteroatoms. The van der Waals surface area contributed by atoms with E-state index in [1.165, 1.54) is 0 Å². The molecule has 2 aromatic rings. The zero-order valence-corrected chi connectivity index (χ0v) is 19.4. The van der Waals surface area contributed by atoms with Crippen molar-refractivity contribution in [1.82, 2.24) is 10.0 Å². The average Bonchev–Trinajstić information content (AvgIpc) is 2.77. The van der Waals surface area contributed by atoms with E-state index in [1.807, 2.05) is 44.2 Å². The van der Waals surface area contributed by atoms with Crippen LogP contribution in [0, 0.1) is 11.8 Å². The van der Waals surface area contributed by atoms with Gasteiger partial charge in [0.1, 0.15) is 0 Å². The Bertz CT molecular complexity index is 1030. The van der Waals surface area contributed by atoms with Gasteiger partial charge in [-0.2, -0.15) is 13.2 Å². The third-order valence-electron chi connectivity index (χ3n) is 6.03. The lowest BCUT2D eigenvalue weighted by Crippen LogP contribution is -2.42. The lowest BCUT2D eigenvalue weighted by molar-refractivity contribution is -0.137.